The summed E-state index contributed by atoms with van der Waals surface area (Å²) >= 11 is 5.83. The van der Waals surface area contributed by atoms with E-state index >= 15 is 0 Å². The summed E-state index contributed by atoms with van der Waals surface area (Å²) in [7, 11) is 1.60. The third kappa shape index (κ3) is 4.40. The molecule has 116 valence electrons. The Balaban J connectivity index is 1.99. The van der Waals surface area contributed by atoms with Crippen LogP contribution in [0.4, 0.5) is 5.69 Å². The molecule has 4 nitrogen and oxygen atoms in total. The Hall–Kier alpha value is -2.20. The summed E-state index contributed by atoms with van der Waals surface area (Å²) in [5.74, 6) is 1.16. The van der Waals surface area contributed by atoms with Gasteiger partial charge in [0.1, 0.15) is 11.5 Å². The highest BCUT2D eigenvalue weighted by Crippen LogP contribution is 2.19. The minimum Gasteiger partial charge on any atom is -0.497 e. The number of carbonyl (C=O) groups excluding carboxylic acids is 1. The number of nitrogens with one attached hydrogen (secondary N) is 1. The van der Waals surface area contributed by atoms with Crippen molar-refractivity contribution >= 4 is 23.2 Å². The van der Waals surface area contributed by atoms with Crippen molar-refractivity contribution in [3.8, 4) is 11.5 Å². The van der Waals surface area contributed by atoms with E-state index in [1.165, 1.54) is 0 Å². The van der Waals surface area contributed by atoms with E-state index in [9.17, 15) is 4.79 Å². The number of hydrogen-bond acceptors (Lipinski definition) is 3. The highest BCUT2D eigenvalue weighted by Gasteiger charge is 2.18. The van der Waals surface area contributed by atoms with Gasteiger partial charge < -0.3 is 14.8 Å². The van der Waals surface area contributed by atoms with E-state index in [0.717, 1.165) is 5.75 Å². The standard InChI is InChI=1S/C17H18ClNO3/c1-3-16(22-15-8-4-12(18)5-9-15)17(20)19-13-6-10-14(21-2)11-7-13/h4-11,16H,3H2,1-2H3,(H,19,20). The van der Waals surface area contributed by atoms with Gasteiger partial charge in [0.2, 0.25) is 0 Å². The molecule has 1 atom stereocenters. The predicted molar refractivity (Wildman–Crippen MR) is 87.8 cm³/mol. The summed E-state index contributed by atoms with van der Waals surface area (Å²) in [6, 6.07) is 14.1. The minimum absolute atomic E-state index is 0.192. The molecule has 22 heavy (non-hydrogen) atoms. The van der Waals surface area contributed by atoms with E-state index in [1.54, 1.807) is 55.6 Å². The van der Waals surface area contributed by atoms with Crippen LogP contribution in [0.15, 0.2) is 48.5 Å². The number of anilines is 1. The van der Waals surface area contributed by atoms with Gasteiger partial charge in [0.25, 0.3) is 5.91 Å². The van der Waals surface area contributed by atoms with E-state index in [0.29, 0.717) is 22.9 Å². The van der Waals surface area contributed by atoms with E-state index in [1.807, 2.05) is 6.92 Å². The van der Waals surface area contributed by atoms with E-state index in [2.05, 4.69) is 5.32 Å². The fourth-order valence-corrected chi connectivity index (χ4v) is 2.02. The molecule has 0 aliphatic rings. The molecule has 0 saturated carbocycles. The average Bonchev–Trinajstić information content (AvgIpc) is 2.55. The average molecular weight is 320 g/mol. The number of benzene rings is 2. The van der Waals surface area contributed by atoms with Gasteiger partial charge >= 0.3 is 0 Å². The fourth-order valence-electron chi connectivity index (χ4n) is 1.90. The van der Waals surface area contributed by atoms with Crippen molar-refractivity contribution in [1.82, 2.24) is 0 Å². The molecule has 0 saturated heterocycles. The monoisotopic (exact) mass is 319 g/mol. The highest BCUT2D eigenvalue weighted by atomic mass is 35.5. The quantitative estimate of drug-likeness (QED) is 0.870. The molecule has 0 aromatic heterocycles. The third-order valence-electron chi connectivity index (χ3n) is 3.11. The number of hydrogen-bond donors (Lipinski definition) is 1. The lowest BCUT2D eigenvalue weighted by Crippen LogP contribution is -2.32. The summed E-state index contributed by atoms with van der Waals surface area (Å²) in [5, 5.41) is 3.46. The van der Waals surface area contributed by atoms with Gasteiger partial charge in [-0.25, -0.2) is 0 Å². The Labute approximate surface area is 135 Å². The molecule has 1 N–H and O–H groups in total. The van der Waals surface area contributed by atoms with Crippen LogP contribution in [0.3, 0.4) is 0 Å². The van der Waals surface area contributed by atoms with Crippen LogP contribution in [0, 0.1) is 0 Å². The van der Waals surface area contributed by atoms with Crippen LogP contribution >= 0.6 is 11.6 Å². The first kappa shape index (κ1) is 16.2. The summed E-state index contributed by atoms with van der Waals surface area (Å²) in [5.41, 5.74) is 0.698. The van der Waals surface area contributed by atoms with Crippen LogP contribution < -0.4 is 14.8 Å². The summed E-state index contributed by atoms with van der Waals surface area (Å²) in [6.45, 7) is 1.90. The molecule has 0 aliphatic heterocycles. The second-order valence-corrected chi connectivity index (χ2v) is 5.12. The van der Waals surface area contributed by atoms with Gasteiger partial charge in [0.05, 0.1) is 7.11 Å². The van der Waals surface area contributed by atoms with E-state index < -0.39 is 6.10 Å². The molecular formula is C17H18ClNO3. The lowest BCUT2D eigenvalue weighted by molar-refractivity contribution is -0.122. The molecule has 2 aromatic carbocycles. The van der Waals surface area contributed by atoms with Crippen LogP contribution in [0.2, 0.25) is 5.02 Å². The lowest BCUT2D eigenvalue weighted by atomic mass is 10.2. The molecule has 0 bridgehead atoms. The first-order valence-corrected chi connectivity index (χ1v) is 7.37. The smallest absolute Gasteiger partial charge is 0.265 e. The summed E-state index contributed by atoms with van der Waals surface area (Å²) < 4.78 is 10.8. The SMILES string of the molecule is CCC(Oc1ccc(Cl)cc1)C(=O)Nc1ccc(OC)cc1. The zero-order valence-electron chi connectivity index (χ0n) is 12.5. The highest BCUT2D eigenvalue weighted by molar-refractivity contribution is 6.30. The van der Waals surface area contributed by atoms with Gasteiger partial charge in [-0.1, -0.05) is 18.5 Å². The van der Waals surface area contributed by atoms with Crippen molar-refractivity contribution in [3.63, 3.8) is 0 Å². The first-order chi connectivity index (χ1) is 10.6. The Kier molecular flexibility index (Phi) is 5.67. The maximum atomic E-state index is 12.3. The first-order valence-electron chi connectivity index (χ1n) is 6.99. The second kappa shape index (κ2) is 7.71. The van der Waals surface area contributed by atoms with E-state index in [-0.39, 0.29) is 5.91 Å². The molecule has 0 aliphatic carbocycles. The fraction of sp³-hybridized carbons (Fsp3) is 0.235. The zero-order chi connectivity index (χ0) is 15.9. The summed E-state index contributed by atoms with van der Waals surface area (Å²) in [6.07, 6.45) is -0.00628. The Morgan fingerprint density at radius 1 is 1.09 bits per heavy atom. The third-order valence-corrected chi connectivity index (χ3v) is 3.36. The Bertz CT molecular complexity index is 611. The molecule has 1 amide bonds. The number of amides is 1. The molecule has 0 spiro atoms. The van der Waals surface area contributed by atoms with Crippen LogP contribution in [0.5, 0.6) is 11.5 Å². The number of carbonyl (C=O) groups is 1. The maximum Gasteiger partial charge on any atom is 0.265 e. The van der Waals surface area contributed by atoms with Crippen LogP contribution in [-0.4, -0.2) is 19.1 Å². The van der Waals surface area contributed by atoms with Gasteiger partial charge in [-0.15, -0.1) is 0 Å². The molecule has 0 heterocycles. The lowest BCUT2D eigenvalue weighted by Gasteiger charge is -2.17. The van der Waals surface area contributed by atoms with Gasteiger partial charge in [0.15, 0.2) is 6.10 Å². The largest absolute Gasteiger partial charge is 0.497 e. The number of ether oxygens (including phenoxy) is 2. The topological polar surface area (TPSA) is 47.6 Å². The maximum absolute atomic E-state index is 12.3. The minimum atomic E-state index is -0.566. The van der Waals surface area contributed by atoms with Crippen molar-refractivity contribution < 1.29 is 14.3 Å². The number of rotatable bonds is 6. The summed E-state index contributed by atoms with van der Waals surface area (Å²) in [4.78, 5) is 12.3. The number of halogens is 1. The van der Waals surface area contributed by atoms with Crippen molar-refractivity contribution in [1.29, 1.82) is 0 Å². The Morgan fingerprint density at radius 3 is 2.23 bits per heavy atom. The van der Waals surface area contributed by atoms with E-state index in [4.69, 9.17) is 21.1 Å². The second-order valence-electron chi connectivity index (χ2n) is 4.69. The molecule has 5 heteroatoms. The van der Waals surface area contributed by atoms with Crippen molar-refractivity contribution in [3.05, 3.63) is 53.6 Å². The van der Waals surface area contributed by atoms with Gasteiger partial charge in [-0.3, -0.25) is 4.79 Å². The number of methoxy groups -OCH3 is 1. The molecule has 0 fully saturated rings. The molecule has 2 aromatic rings. The van der Waals surface area contributed by atoms with Gasteiger partial charge in [-0.2, -0.15) is 0 Å². The molecular weight excluding hydrogens is 302 g/mol. The van der Waals surface area contributed by atoms with Crippen molar-refractivity contribution in [2.45, 2.75) is 19.4 Å². The molecule has 0 radical (unpaired) electrons. The van der Waals surface area contributed by atoms with Gasteiger partial charge in [-0.05, 0) is 55.0 Å². The zero-order valence-corrected chi connectivity index (χ0v) is 13.3. The molecule has 1 unspecified atom stereocenters. The van der Waals surface area contributed by atoms with Gasteiger partial charge in [0, 0.05) is 10.7 Å². The van der Waals surface area contributed by atoms with Crippen molar-refractivity contribution in [2.75, 3.05) is 12.4 Å². The van der Waals surface area contributed by atoms with Crippen LogP contribution in [0.25, 0.3) is 0 Å². The Morgan fingerprint density at radius 2 is 1.68 bits per heavy atom. The normalized spacial score (nSPS) is 11.6. The van der Waals surface area contributed by atoms with Crippen LogP contribution in [-0.2, 0) is 4.79 Å². The van der Waals surface area contributed by atoms with Crippen molar-refractivity contribution in [2.24, 2.45) is 0 Å². The predicted octanol–water partition coefficient (Wildman–Crippen LogP) is 4.14. The van der Waals surface area contributed by atoms with Crippen LogP contribution in [0.1, 0.15) is 13.3 Å². The molecule has 2 rings (SSSR count).